The standard InChI is InChI=1S/C22H36N2O2/c1-5-26-14-6-12-24-13-11-21(18(4)16-24)23-22(25)20-9-7-19(8-10-20)15-17(2)3/h7-10,17-18,21H,5-6,11-16H2,1-4H3,(H,23,25). The molecule has 146 valence electrons. The van der Waals surface area contributed by atoms with Gasteiger partial charge < -0.3 is 15.0 Å². The van der Waals surface area contributed by atoms with Crippen molar-refractivity contribution in [2.45, 2.75) is 53.0 Å². The molecule has 4 nitrogen and oxygen atoms in total. The summed E-state index contributed by atoms with van der Waals surface area (Å²) in [4.78, 5) is 15.1. The van der Waals surface area contributed by atoms with Crippen molar-refractivity contribution in [3.05, 3.63) is 35.4 Å². The average molecular weight is 361 g/mol. The van der Waals surface area contributed by atoms with Gasteiger partial charge in [0.05, 0.1) is 0 Å². The molecule has 1 aromatic carbocycles. The van der Waals surface area contributed by atoms with Gasteiger partial charge in [0.25, 0.3) is 5.91 Å². The Kier molecular flexibility index (Phi) is 8.60. The van der Waals surface area contributed by atoms with Gasteiger partial charge in [0, 0.05) is 44.5 Å². The molecule has 0 bridgehead atoms. The third kappa shape index (κ3) is 6.73. The molecular weight excluding hydrogens is 324 g/mol. The first-order valence-corrected chi connectivity index (χ1v) is 10.2. The molecule has 0 radical (unpaired) electrons. The first kappa shape index (κ1) is 20.9. The van der Waals surface area contributed by atoms with Crippen molar-refractivity contribution < 1.29 is 9.53 Å². The van der Waals surface area contributed by atoms with E-state index in [1.54, 1.807) is 0 Å². The lowest BCUT2D eigenvalue weighted by Gasteiger charge is -2.37. The summed E-state index contributed by atoms with van der Waals surface area (Å²) >= 11 is 0. The Morgan fingerprint density at radius 2 is 2.04 bits per heavy atom. The van der Waals surface area contributed by atoms with Crippen LogP contribution in [0.2, 0.25) is 0 Å². The molecule has 1 heterocycles. The first-order chi connectivity index (χ1) is 12.5. The summed E-state index contributed by atoms with van der Waals surface area (Å²) in [5.41, 5.74) is 2.06. The van der Waals surface area contributed by atoms with Gasteiger partial charge in [-0.1, -0.05) is 32.9 Å². The van der Waals surface area contributed by atoms with Gasteiger partial charge in [-0.25, -0.2) is 0 Å². The molecule has 1 aromatic rings. The normalized spacial score (nSPS) is 21.1. The zero-order valence-electron chi connectivity index (χ0n) is 17.0. The number of carbonyl (C=O) groups excluding carboxylic acids is 1. The second kappa shape index (κ2) is 10.7. The zero-order valence-corrected chi connectivity index (χ0v) is 17.0. The molecule has 2 atom stereocenters. The predicted molar refractivity (Wildman–Crippen MR) is 108 cm³/mol. The lowest BCUT2D eigenvalue weighted by atomic mass is 9.93. The Bertz CT molecular complexity index is 542. The number of rotatable bonds is 9. The fourth-order valence-corrected chi connectivity index (χ4v) is 3.70. The number of carbonyl (C=O) groups is 1. The summed E-state index contributed by atoms with van der Waals surface area (Å²) in [5.74, 6) is 1.16. The second-order valence-corrected chi connectivity index (χ2v) is 7.99. The smallest absolute Gasteiger partial charge is 0.251 e. The van der Waals surface area contributed by atoms with E-state index in [9.17, 15) is 4.79 Å². The molecule has 26 heavy (non-hydrogen) atoms. The van der Waals surface area contributed by atoms with E-state index < -0.39 is 0 Å². The quantitative estimate of drug-likeness (QED) is 0.682. The van der Waals surface area contributed by atoms with Crippen LogP contribution < -0.4 is 5.32 Å². The van der Waals surface area contributed by atoms with Crippen molar-refractivity contribution in [1.29, 1.82) is 0 Å². The number of nitrogens with one attached hydrogen (secondary N) is 1. The minimum Gasteiger partial charge on any atom is -0.382 e. The van der Waals surface area contributed by atoms with Gasteiger partial charge in [0.1, 0.15) is 0 Å². The van der Waals surface area contributed by atoms with E-state index in [2.05, 4.69) is 43.1 Å². The Labute approximate surface area is 159 Å². The summed E-state index contributed by atoms with van der Waals surface area (Å²) in [5, 5.41) is 3.25. The van der Waals surface area contributed by atoms with Gasteiger partial charge in [0.15, 0.2) is 0 Å². The molecule has 0 aliphatic carbocycles. The van der Waals surface area contributed by atoms with Crippen LogP contribution in [0.5, 0.6) is 0 Å². The summed E-state index contributed by atoms with van der Waals surface area (Å²) in [6, 6.07) is 8.35. The van der Waals surface area contributed by atoms with Gasteiger partial charge in [-0.3, -0.25) is 4.79 Å². The number of hydrogen-bond donors (Lipinski definition) is 1. The van der Waals surface area contributed by atoms with E-state index in [1.807, 2.05) is 19.1 Å². The third-order valence-electron chi connectivity index (χ3n) is 5.13. The fraction of sp³-hybridized carbons (Fsp3) is 0.682. The number of ether oxygens (including phenoxy) is 1. The van der Waals surface area contributed by atoms with Crippen LogP contribution >= 0.6 is 0 Å². The Balaban J connectivity index is 1.78. The zero-order chi connectivity index (χ0) is 18.9. The third-order valence-corrected chi connectivity index (χ3v) is 5.13. The minimum absolute atomic E-state index is 0.0581. The Morgan fingerprint density at radius 3 is 2.65 bits per heavy atom. The van der Waals surface area contributed by atoms with Crippen molar-refractivity contribution >= 4 is 5.91 Å². The van der Waals surface area contributed by atoms with Crippen molar-refractivity contribution in [2.75, 3.05) is 32.8 Å². The van der Waals surface area contributed by atoms with E-state index >= 15 is 0 Å². The van der Waals surface area contributed by atoms with Crippen LogP contribution in [0.15, 0.2) is 24.3 Å². The molecule has 1 amide bonds. The van der Waals surface area contributed by atoms with Crippen LogP contribution in [0.1, 0.15) is 56.5 Å². The molecule has 1 fully saturated rings. The Hall–Kier alpha value is -1.39. The number of benzene rings is 1. The molecule has 1 aliphatic heterocycles. The van der Waals surface area contributed by atoms with E-state index in [0.29, 0.717) is 11.8 Å². The number of likely N-dealkylation sites (tertiary alicyclic amines) is 1. The van der Waals surface area contributed by atoms with E-state index in [0.717, 1.165) is 57.7 Å². The highest BCUT2D eigenvalue weighted by atomic mass is 16.5. The van der Waals surface area contributed by atoms with Gasteiger partial charge in [0.2, 0.25) is 0 Å². The molecule has 0 saturated carbocycles. The van der Waals surface area contributed by atoms with Gasteiger partial charge in [-0.15, -0.1) is 0 Å². The summed E-state index contributed by atoms with van der Waals surface area (Å²) < 4.78 is 5.42. The van der Waals surface area contributed by atoms with Crippen molar-refractivity contribution in [2.24, 2.45) is 11.8 Å². The van der Waals surface area contributed by atoms with Gasteiger partial charge >= 0.3 is 0 Å². The average Bonchev–Trinajstić information content (AvgIpc) is 2.61. The topological polar surface area (TPSA) is 41.6 Å². The lowest BCUT2D eigenvalue weighted by molar-refractivity contribution is 0.0843. The van der Waals surface area contributed by atoms with Crippen molar-refractivity contribution in [3.8, 4) is 0 Å². The highest BCUT2D eigenvalue weighted by molar-refractivity contribution is 5.94. The molecule has 1 N–H and O–H groups in total. The summed E-state index contributed by atoms with van der Waals surface area (Å²) in [6.45, 7) is 13.5. The maximum atomic E-state index is 12.6. The number of hydrogen-bond acceptors (Lipinski definition) is 3. The molecule has 1 saturated heterocycles. The van der Waals surface area contributed by atoms with E-state index in [4.69, 9.17) is 4.74 Å². The second-order valence-electron chi connectivity index (χ2n) is 7.99. The SMILES string of the molecule is CCOCCCN1CCC(NC(=O)c2ccc(CC(C)C)cc2)C(C)C1. The van der Waals surface area contributed by atoms with Gasteiger partial charge in [-0.05, 0) is 55.7 Å². The summed E-state index contributed by atoms with van der Waals surface area (Å²) in [7, 11) is 0. The van der Waals surface area contributed by atoms with Crippen LogP contribution in [0.4, 0.5) is 0 Å². The lowest BCUT2D eigenvalue weighted by Crippen LogP contribution is -2.50. The van der Waals surface area contributed by atoms with E-state index in [1.165, 1.54) is 5.56 Å². The summed E-state index contributed by atoms with van der Waals surface area (Å²) in [6.07, 6.45) is 3.16. The molecule has 1 aliphatic rings. The van der Waals surface area contributed by atoms with Crippen LogP contribution in [-0.4, -0.2) is 49.7 Å². The molecule has 0 aromatic heterocycles. The maximum Gasteiger partial charge on any atom is 0.251 e. The molecular formula is C22H36N2O2. The molecule has 2 rings (SSSR count). The highest BCUT2D eigenvalue weighted by Gasteiger charge is 2.27. The highest BCUT2D eigenvalue weighted by Crippen LogP contribution is 2.18. The van der Waals surface area contributed by atoms with Crippen LogP contribution in [0, 0.1) is 11.8 Å². The minimum atomic E-state index is 0.0581. The Morgan fingerprint density at radius 1 is 1.31 bits per heavy atom. The van der Waals surface area contributed by atoms with Crippen LogP contribution in [-0.2, 0) is 11.2 Å². The van der Waals surface area contributed by atoms with Gasteiger partial charge in [-0.2, -0.15) is 0 Å². The molecule has 2 unspecified atom stereocenters. The number of nitrogens with zero attached hydrogens (tertiary/aromatic N) is 1. The van der Waals surface area contributed by atoms with Crippen molar-refractivity contribution in [1.82, 2.24) is 10.2 Å². The van der Waals surface area contributed by atoms with Crippen LogP contribution in [0.3, 0.4) is 0 Å². The number of amides is 1. The molecule has 4 heteroatoms. The fourth-order valence-electron chi connectivity index (χ4n) is 3.70. The predicted octanol–water partition coefficient (Wildman–Crippen LogP) is 3.75. The van der Waals surface area contributed by atoms with Crippen LogP contribution in [0.25, 0.3) is 0 Å². The first-order valence-electron chi connectivity index (χ1n) is 10.2. The maximum absolute atomic E-state index is 12.6. The number of piperidine rings is 1. The van der Waals surface area contributed by atoms with Crippen molar-refractivity contribution in [3.63, 3.8) is 0 Å². The molecule has 0 spiro atoms. The van der Waals surface area contributed by atoms with E-state index in [-0.39, 0.29) is 11.9 Å². The monoisotopic (exact) mass is 360 g/mol. The largest absolute Gasteiger partial charge is 0.382 e.